The van der Waals surface area contributed by atoms with Crippen LogP contribution in [0.5, 0.6) is 0 Å². The zero-order valence-electron chi connectivity index (χ0n) is 12.9. The van der Waals surface area contributed by atoms with E-state index in [2.05, 4.69) is 22.4 Å². The fourth-order valence-corrected chi connectivity index (χ4v) is 2.71. The second-order valence-electron chi connectivity index (χ2n) is 5.18. The molecule has 2 aromatic heterocycles. The highest BCUT2D eigenvalue weighted by Gasteiger charge is 2.07. The lowest BCUT2D eigenvalue weighted by molar-refractivity contribution is 0.251. The maximum atomic E-state index is 12.1. The standard InChI is InChI=1S/C17H17F2N3OS/c18-17(19)24-11-16-6-5-15(23-16)10-21-9-13-1-3-14(4-2-13)22-8-7-20-12-22/h1-8,12,17,21H,9-11H2. The lowest BCUT2D eigenvalue weighted by Crippen LogP contribution is -2.12. The van der Waals surface area contributed by atoms with Gasteiger partial charge in [0.15, 0.2) is 0 Å². The Labute approximate surface area is 142 Å². The molecular formula is C17H17F2N3OS. The topological polar surface area (TPSA) is 43.0 Å². The van der Waals surface area contributed by atoms with Crippen molar-refractivity contribution in [2.75, 3.05) is 0 Å². The van der Waals surface area contributed by atoms with Gasteiger partial charge in [-0.05, 0) is 29.8 Å². The Balaban J connectivity index is 1.46. The molecule has 0 saturated heterocycles. The van der Waals surface area contributed by atoms with Crippen molar-refractivity contribution < 1.29 is 13.2 Å². The zero-order valence-corrected chi connectivity index (χ0v) is 13.7. The molecular weight excluding hydrogens is 332 g/mol. The molecule has 0 aliphatic heterocycles. The molecule has 2 heterocycles. The first-order valence-electron chi connectivity index (χ1n) is 7.46. The number of furan rings is 1. The van der Waals surface area contributed by atoms with Crippen LogP contribution in [0.15, 0.2) is 59.5 Å². The molecule has 3 rings (SSSR count). The SMILES string of the molecule is FC(F)SCc1ccc(CNCc2ccc(-n3ccnc3)cc2)o1. The van der Waals surface area contributed by atoms with E-state index in [1.165, 1.54) is 0 Å². The van der Waals surface area contributed by atoms with Gasteiger partial charge in [-0.2, -0.15) is 8.78 Å². The van der Waals surface area contributed by atoms with E-state index in [0.29, 0.717) is 30.6 Å². The summed E-state index contributed by atoms with van der Waals surface area (Å²) in [5, 5.41) is 3.28. The number of imidazole rings is 1. The number of hydrogen-bond donors (Lipinski definition) is 1. The molecule has 4 nitrogen and oxygen atoms in total. The number of halogens is 2. The molecule has 0 saturated carbocycles. The van der Waals surface area contributed by atoms with Crippen molar-refractivity contribution in [1.82, 2.24) is 14.9 Å². The second kappa shape index (κ2) is 8.12. The number of aromatic nitrogens is 2. The molecule has 1 aromatic carbocycles. The molecule has 0 amide bonds. The quantitative estimate of drug-likeness (QED) is 0.661. The van der Waals surface area contributed by atoms with Gasteiger partial charge in [0.25, 0.3) is 5.76 Å². The highest BCUT2D eigenvalue weighted by molar-refractivity contribution is 7.98. The first-order chi connectivity index (χ1) is 11.7. The molecule has 7 heteroatoms. The van der Waals surface area contributed by atoms with Crippen molar-refractivity contribution in [2.45, 2.75) is 24.6 Å². The van der Waals surface area contributed by atoms with E-state index >= 15 is 0 Å². The van der Waals surface area contributed by atoms with Crippen molar-refractivity contribution in [3.8, 4) is 5.69 Å². The largest absolute Gasteiger partial charge is 0.464 e. The Morgan fingerprint density at radius 3 is 2.58 bits per heavy atom. The van der Waals surface area contributed by atoms with E-state index < -0.39 is 5.76 Å². The number of thioether (sulfide) groups is 1. The van der Waals surface area contributed by atoms with E-state index in [0.717, 1.165) is 17.0 Å². The minimum atomic E-state index is -2.37. The van der Waals surface area contributed by atoms with Crippen LogP contribution < -0.4 is 5.32 Å². The summed E-state index contributed by atoms with van der Waals surface area (Å²) in [6.07, 6.45) is 5.40. The fraction of sp³-hybridized carbons (Fsp3) is 0.235. The first-order valence-corrected chi connectivity index (χ1v) is 8.51. The minimum Gasteiger partial charge on any atom is -0.464 e. The van der Waals surface area contributed by atoms with Gasteiger partial charge in [-0.15, -0.1) is 0 Å². The predicted molar refractivity (Wildman–Crippen MR) is 90.1 cm³/mol. The maximum absolute atomic E-state index is 12.1. The van der Waals surface area contributed by atoms with Gasteiger partial charge >= 0.3 is 0 Å². The Kier molecular flexibility index (Phi) is 5.66. The molecule has 0 atom stereocenters. The number of rotatable bonds is 8. The zero-order chi connectivity index (χ0) is 16.8. The Morgan fingerprint density at radius 1 is 1.08 bits per heavy atom. The number of alkyl halides is 2. The van der Waals surface area contributed by atoms with Crippen molar-refractivity contribution in [1.29, 1.82) is 0 Å². The molecule has 0 bridgehead atoms. The Hall–Kier alpha value is -2.12. The van der Waals surface area contributed by atoms with Crippen LogP contribution in [0, 0.1) is 0 Å². The first kappa shape index (κ1) is 16.7. The molecule has 0 aliphatic carbocycles. The molecule has 126 valence electrons. The van der Waals surface area contributed by atoms with Gasteiger partial charge in [0.1, 0.15) is 11.5 Å². The third kappa shape index (κ3) is 4.69. The third-order valence-electron chi connectivity index (χ3n) is 3.44. The van der Waals surface area contributed by atoms with E-state index in [1.54, 1.807) is 18.6 Å². The fourth-order valence-electron chi connectivity index (χ4n) is 2.27. The van der Waals surface area contributed by atoms with Crippen LogP contribution in [0.3, 0.4) is 0 Å². The van der Waals surface area contributed by atoms with Crippen molar-refractivity contribution in [3.63, 3.8) is 0 Å². The van der Waals surface area contributed by atoms with Crippen LogP contribution in [0.25, 0.3) is 5.69 Å². The van der Waals surface area contributed by atoms with Crippen LogP contribution >= 0.6 is 11.8 Å². The van der Waals surface area contributed by atoms with E-state index in [4.69, 9.17) is 4.42 Å². The van der Waals surface area contributed by atoms with E-state index in [1.807, 2.05) is 29.0 Å². The Morgan fingerprint density at radius 2 is 1.88 bits per heavy atom. The summed E-state index contributed by atoms with van der Waals surface area (Å²) < 4.78 is 31.7. The van der Waals surface area contributed by atoms with Gasteiger partial charge in [0.05, 0.1) is 18.6 Å². The lowest BCUT2D eigenvalue weighted by atomic mass is 10.2. The predicted octanol–water partition coefficient (Wildman–Crippen LogP) is 4.21. The normalized spacial score (nSPS) is 11.3. The number of nitrogens with one attached hydrogen (secondary N) is 1. The molecule has 0 aliphatic rings. The lowest BCUT2D eigenvalue weighted by Gasteiger charge is -2.06. The summed E-state index contributed by atoms with van der Waals surface area (Å²) >= 11 is 0.565. The van der Waals surface area contributed by atoms with Gasteiger partial charge < -0.3 is 14.3 Å². The van der Waals surface area contributed by atoms with Gasteiger partial charge in [-0.1, -0.05) is 23.9 Å². The van der Waals surface area contributed by atoms with E-state index in [-0.39, 0.29) is 5.75 Å². The molecule has 0 spiro atoms. The molecule has 0 fully saturated rings. The highest BCUT2D eigenvalue weighted by atomic mass is 32.2. The second-order valence-corrected chi connectivity index (χ2v) is 6.16. The van der Waals surface area contributed by atoms with Crippen LogP contribution in [0.1, 0.15) is 17.1 Å². The summed E-state index contributed by atoms with van der Waals surface area (Å²) in [4.78, 5) is 4.03. The number of benzene rings is 1. The van der Waals surface area contributed by atoms with E-state index in [9.17, 15) is 8.78 Å². The smallest absolute Gasteiger partial charge is 0.284 e. The minimum absolute atomic E-state index is 0.188. The molecule has 0 unspecified atom stereocenters. The van der Waals surface area contributed by atoms with Crippen LogP contribution in [0.2, 0.25) is 0 Å². The summed E-state index contributed by atoms with van der Waals surface area (Å²) in [5.41, 5.74) is 2.21. The molecule has 24 heavy (non-hydrogen) atoms. The highest BCUT2D eigenvalue weighted by Crippen LogP contribution is 2.21. The van der Waals surface area contributed by atoms with Gasteiger partial charge in [-0.3, -0.25) is 0 Å². The van der Waals surface area contributed by atoms with Crippen molar-refractivity contribution >= 4 is 11.8 Å². The van der Waals surface area contributed by atoms with Crippen LogP contribution in [-0.4, -0.2) is 15.3 Å². The van der Waals surface area contributed by atoms with Crippen molar-refractivity contribution in [3.05, 3.63) is 72.2 Å². The number of hydrogen-bond acceptors (Lipinski definition) is 4. The van der Waals surface area contributed by atoms with Gasteiger partial charge in [0.2, 0.25) is 0 Å². The van der Waals surface area contributed by atoms with Crippen LogP contribution in [-0.2, 0) is 18.8 Å². The summed E-state index contributed by atoms with van der Waals surface area (Å²) in [6.45, 7) is 1.26. The maximum Gasteiger partial charge on any atom is 0.284 e. The van der Waals surface area contributed by atoms with Crippen molar-refractivity contribution in [2.24, 2.45) is 0 Å². The van der Waals surface area contributed by atoms with Gasteiger partial charge in [0, 0.05) is 24.6 Å². The summed E-state index contributed by atoms with van der Waals surface area (Å²) in [7, 11) is 0. The number of nitrogens with zero attached hydrogens (tertiary/aromatic N) is 2. The molecule has 0 radical (unpaired) electrons. The average Bonchev–Trinajstić information content (AvgIpc) is 3.25. The molecule has 3 aromatic rings. The monoisotopic (exact) mass is 349 g/mol. The van der Waals surface area contributed by atoms with Gasteiger partial charge in [-0.25, -0.2) is 4.98 Å². The third-order valence-corrected chi connectivity index (χ3v) is 4.14. The summed E-state index contributed by atoms with van der Waals surface area (Å²) in [5.74, 6) is -0.869. The molecule has 1 N–H and O–H groups in total. The summed E-state index contributed by atoms with van der Waals surface area (Å²) in [6, 6.07) is 11.7. The average molecular weight is 349 g/mol. The van der Waals surface area contributed by atoms with Crippen LogP contribution in [0.4, 0.5) is 8.78 Å². The Bertz CT molecular complexity index is 742.